The Kier molecular flexibility index (Phi) is 6.53. The molecule has 2 atom stereocenters. The topological polar surface area (TPSA) is 80.5 Å². The molecule has 0 spiro atoms. The van der Waals surface area contributed by atoms with Gasteiger partial charge in [-0.3, -0.25) is 0 Å². The highest BCUT2D eigenvalue weighted by Crippen LogP contribution is 2.31. The molecule has 1 aliphatic rings. The summed E-state index contributed by atoms with van der Waals surface area (Å²) in [5, 5.41) is 20.4. The second-order valence-electron chi connectivity index (χ2n) is 8.77. The number of hydrogen-bond donors (Lipinski definition) is 1. The van der Waals surface area contributed by atoms with Gasteiger partial charge in [0.15, 0.2) is 0 Å². The average Bonchev–Trinajstić information content (AvgIpc) is 3.35. The van der Waals surface area contributed by atoms with Gasteiger partial charge in [0.25, 0.3) is 0 Å². The molecule has 0 radical (unpaired) electrons. The third-order valence-electron chi connectivity index (χ3n) is 6.59. The minimum Gasteiger partial charge on any atom is -0.465 e. The van der Waals surface area contributed by atoms with Crippen LogP contribution in [0, 0.1) is 0 Å². The Morgan fingerprint density at radius 2 is 1.79 bits per heavy atom. The second-order valence-corrected chi connectivity index (χ2v) is 8.77. The molecule has 2 unspecified atom stereocenters. The molecule has 1 fully saturated rings. The maximum absolute atomic E-state index is 11.7. The largest absolute Gasteiger partial charge is 0.465 e. The van der Waals surface area contributed by atoms with Crippen LogP contribution in [0.4, 0.5) is 4.79 Å². The van der Waals surface area contributed by atoms with E-state index in [4.69, 9.17) is 4.74 Å². The van der Waals surface area contributed by atoms with Gasteiger partial charge < -0.3 is 14.7 Å². The number of piperidine rings is 1. The van der Waals surface area contributed by atoms with Crippen molar-refractivity contribution >= 4 is 16.9 Å². The molecule has 1 amide bonds. The van der Waals surface area contributed by atoms with E-state index < -0.39 is 6.09 Å². The Morgan fingerprint density at radius 3 is 2.62 bits per heavy atom. The highest BCUT2D eigenvalue weighted by molar-refractivity contribution is 5.82. The highest BCUT2D eigenvalue weighted by Gasteiger charge is 2.35. The third kappa shape index (κ3) is 4.94. The first-order chi connectivity index (χ1) is 16.7. The van der Waals surface area contributed by atoms with Gasteiger partial charge in [-0.05, 0) is 40.8 Å². The molecule has 5 rings (SSSR count). The molecule has 3 aromatic carbocycles. The Bertz CT molecular complexity index is 1260. The van der Waals surface area contributed by atoms with Crippen molar-refractivity contribution in [1.29, 1.82) is 0 Å². The first kappa shape index (κ1) is 22.1. The van der Waals surface area contributed by atoms with Crippen molar-refractivity contribution in [1.82, 2.24) is 19.9 Å². The molecule has 1 N–H and O–H groups in total. The van der Waals surface area contributed by atoms with Crippen molar-refractivity contribution in [2.45, 2.75) is 38.0 Å². The number of hydrogen-bond acceptors (Lipinski definition) is 4. The van der Waals surface area contributed by atoms with E-state index >= 15 is 0 Å². The molecule has 34 heavy (non-hydrogen) atoms. The number of carbonyl (C=O) groups is 1. The van der Waals surface area contributed by atoms with Gasteiger partial charge in [-0.1, -0.05) is 71.9 Å². The van der Waals surface area contributed by atoms with E-state index in [1.807, 2.05) is 35.0 Å². The van der Waals surface area contributed by atoms with E-state index in [-0.39, 0.29) is 12.0 Å². The number of amides is 1. The third-order valence-corrected chi connectivity index (χ3v) is 6.59. The lowest BCUT2D eigenvalue weighted by atomic mass is 9.90. The van der Waals surface area contributed by atoms with Crippen molar-refractivity contribution < 1.29 is 14.6 Å². The van der Waals surface area contributed by atoms with E-state index in [1.54, 1.807) is 6.20 Å². The number of nitrogens with zero attached hydrogens (tertiary/aromatic N) is 4. The van der Waals surface area contributed by atoms with Crippen molar-refractivity contribution in [2.24, 2.45) is 0 Å². The van der Waals surface area contributed by atoms with Gasteiger partial charge in [0.05, 0.1) is 31.1 Å². The minimum absolute atomic E-state index is 0.0295. The number of carboxylic acid groups (broad SMARTS) is 1. The fourth-order valence-electron chi connectivity index (χ4n) is 4.74. The standard InChI is InChI=1S/C27H28N4O3/c32-27(33)30-14-13-24(25-17-28-29-31(25)15-12-20-6-2-1-3-7-20)26(18-30)34-19-21-10-11-22-8-4-5-9-23(22)16-21/h1-11,16-17,24,26H,12-15,18-19H2,(H,32,33). The highest BCUT2D eigenvalue weighted by atomic mass is 16.5. The van der Waals surface area contributed by atoms with Crippen LogP contribution in [0.5, 0.6) is 0 Å². The Balaban J connectivity index is 1.33. The van der Waals surface area contributed by atoms with E-state index in [2.05, 4.69) is 52.8 Å². The van der Waals surface area contributed by atoms with E-state index in [0.29, 0.717) is 26.1 Å². The van der Waals surface area contributed by atoms with Gasteiger partial charge in [-0.2, -0.15) is 0 Å². The van der Waals surface area contributed by atoms with E-state index in [9.17, 15) is 9.90 Å². The summed E-state index contributed by atoms with van der Waals surface area (Å²) < 4.78 is 8.32. The van der Waals surface area contributed by atoms with Gasteiger partial charge in [0.2, 0.25) is 0 Å². The first-order valence-corrected chi connectivity index (χ1v) is 11.7. The number of aryl methyl sites for hydroxylation is 2. The fourth-order valence-corrected chi connectivity index (χ4v) is 4.74. The molecule has 174 valence electrons. The number of ether oxygens (including phenoxy) is 1. The molecule has 0 saturated carbocycles. The number of aromatic nitrogens is 3. The lowest BCUT2D eigenvalue weighted by Gasteiger charge is -2.37. The molecule has 0 bridgehead atoms. The number of rotatable bonds is 7. The van der Waals surface area contributed by atoms with E-state index in [0.717, 1.165) is 24.2 Å². The zero-order valence-electron chi connectivity index (χ0n) is 19.0. The van der Waals surface area contributed by atoms with Gasteiger partial charge in [-0.15, -0.1) is 5.10 Å². The second kappa shape index (κ2) is 10.1. The lowest BCUT2D eigenvalue weighted by molar-refractivity contribution is -0.0216. The first-order valence-electron chi connectivity index (χ1n) is 11.7. The van der Waals surface area contributed by atoms with Crippen LogP contribution in [-0.2, 0) is 24.3 Å². The summed E-state index contributed by atoms with van der Waals surface area (Å²) in [6.45, 7) is 1.94. The van der Waals surface area contributed by atoms with Gasteiger partial charge in [0.1, 0.15) is 0 Å². The molecule has 2 heterocycles. The SMILES string of the molecule is O=C(O)N1CCC(c2cnnn2CCc2ccccc2)C(OCc2ccc3ccccc3c2)C1. The van der Waals surface area contributed by atoms with Crippen LogP contribution in [0.1, 0.15) is 29.2 Å². The van der Waals surface area contributed by atoms with Crippen LogP contribution in [0.3, 0.4) is 0 Å². The Morgan fingerprint density at radius 1 is 1.00 bits per heavy atom. The summed E-state index contributed by atoms with van der Waals surface area (Å²) in [5.41, 5.74) is 3.32. The number of likely N-dealkylation sites (tertiary alicyclic amines) is 1. The molecule has 4 aromatic rings. The van der Waals surface area contributed by atoms with Crippen molar-refractivity contribution in [3.63, 3.8) is 0 Å². The van der Waals surface area contributed by atoms with Crippen LogP contribution >= 0.6 is 0 Å². The number of fused-ring (bicyclic) bond motifs is 1. The summed E-state index contributed by atoms with van der Waals surface area (Å²) in [7, 11) is 0. The lowest BCUT2D eigenvalue weighted by Crippen LogP contribution is -2.46. The predicted molar refractivity (Wildman–Crippen MR) is 130 cm³/mol. The maximum Gasteiger partial charge on any atom is 0.407 e. The van der Waals surface area contributed by atoms with Crippen LogP contribution in [-0.4, -0.2) is 50.3 Å². The van der Waals surface area contributed by atoms with Gasteiger partial charge in [-0.25, -0.2) is 9.48 Å². The van der Waals surface area contributed by atoms with Crippen LogP contribution in [0.25, 0.3) is 10.8 Å². The molecule has 1 saturated heterocycles. The average molecular weight is 457 g/mol. The number of benzene rings is 3. The quantitative estimate of drug-likeness (QED) is 0.435. The van der Waals surface area contributed by atoms with Crippen molar-refractivity contribution in [3.05, 3.63) is 95.8 Å². The van der Waals surface area contributed by atoms with E-state index in [1.165, 1.54) is 21.2 Å². The zero-order chi connectivity index (χ0) is 23.3. The molecule has 7 heteroatoms. The molecular weight excluding hydrogens is 428 g/mol. The molecule has 1 aromatic heterocycles. The Hall–Kier alpha value is -3.71. The summed E-state index contributed by atoms with van der Waals surface area (Å²) >= 11 is 0. The van der Waals surface area contributed by atoms with Crippen molar-refractivity contribution in [2.75, 3.05) is 13.1 Å². The monoisotopic (exact) mass is 456 g/mol. The minimum atomic E-state index is -0.909. The smallest absolute Gasteiger partial charge is 0.407 e. The van der Waals surface area contributed by atoms with Gasteiger partial charge >= 0.3 is 6.09 Å². The Labute approximate surface area is 198 Å². The summed E-state index contributed by atoms with van der Waals surface area (Å²) in [6, 6.07) is 24.8. The molecule has 1 aliphatic heterocycles. The summed E-state index contributed by atoms with van der Waals surface area (Å²) in [5.74, 6) is 0.0295. The molecule has 0 aliphatic carbocycles. The normalized spacial score (nSPS) is 18.3. The van der Waals surface area contributed by atoms with Crippen LogP contribution in [0.15, 0.2) is 79.0 Å². The van der Waals surface area contributed by atoms with Crippen LogP contribution in [0.2, 0.25) is 0 Å². The molecule has 7 nitrogen and oxygen atoms in total. The fraction of sp³-hybridized carbons (Fsp3) is 0.296. The maximum atomic E-state index is 11.7. The summed E-state index contributed by atoms with van der Waals surface area (Å²) in [6.07, 6.45) is 2.15. The summed E-state index contributed by atoms with van der Waals surface area (Å²) in [4.78, 5) is 13.1. The van der Waals surface area contributed by atoms with Crippen molar-refractivity contribution in [3.8, 4) is 0 Å². The predicted octanol–water partition coefficient (Wildman–Crippen LogP) is 4.73. The van der Waals surface area contributed by atoms with Crippen LogP contribution < -0.4 is 0 Å². The van der Waals surface area contributed by atoms with Gasteiger partial charge in [0, 0.05) is 19.0 Å². The molecular formula is C27H28N4O3. The zero-order valence-corrected chi connectivity index (χ0v) is 19.0.